The van der Waals surface area contributed by atoms with Crippen LogP contribution in [0, 0.1) is 0 Å². The number of anilines is 2. The fourth-order valence-electron chi connectivity index (χ4n) is 1.72. The Hall–Kier alpha value is -2.52. The van der Waals surface area contributed by atoms with Crippen molar-refractivity contribution in [2.75, 3.05) is 17.6 Å². The van der Waals surface area contributed by atoms with Gasteiger partial charge in [0.2, 0.25) is 11.9 Å². The topological polar surface area (TPSA) is 115 Å². The van der Waals surface area contributed by atoms with Gasteiger partial charge in [-0.1, -0.05) is 0 Å². The average Bonchev–Trinajstić information content (AvgIpc) is 3.16. The van der Waals surface area contributed by atoms with Crippen molar-refractivity contribution in [3.8, 4) is 5.95 Å². The highest BCUT2D eigenvalue weighted by molar-refractivity contribution is 7.07. The summed E-state index contributed by atoms with van der Waals surface area (Å²) in [5.74, 6) is 0.699. The molecule has 0 aromatic carbocycles. The minimum absolute atomic E-state index is 0.0861. The van der Waals surface area contributed by atoms with Gasteiger partial charge in [0.15, 0.2) is 0 Å². The maximum atomic E-state index is 10.0. The molecule has 0 radical (unpaired) electrons. The Morgan fingerprint density at radius 3 is 3.00 bits per heavy atom. The van der Waals surface area contributed by atoms with Crippen molar-refractivity contribution < 1.29 is 5.11 Å². The van der Waals surface area contributed by atoms with E-state index in [1.807, 2.05) is 16.8 Å². The Bertz CT molecular complexity index is 698. The number of nitrogens with zero attached hydrogens (tertiary/aromatic N) is 5. The highest BCUT2D eigenvalue weighted by Crippen LogP contribution is 2.16. The second-order valence-corrected chi connectivity index (χ2v) is 5.00. The predicted molar refractivity (Wildman–Crippen MR) is 79.1 cm³/mol. The molecule has 21 heavy (non-hydrogen) atoms. The summed E-state index contributed by atoms with van der Waals surface area (Å²) in [6.45, 7) is 0.277. The van der Waals surface area contributed by atoms with Gasteiger partial charge in [0.1, 0.15) is 0 Å². The van der Waals surface area contributed by atoms with E-state index in [2.05, 4.69) is 25.4 Å². The normalized spacial score (nSPS) is 12.2. The lowest BCUT2D eigenvalue weighted by Gasteiger charge is -2.11. The third-order valence-corrected chi connectivity index (χ3v) is 3.43. The van der Waals surface area contributed by atoms with Crippen molar-refractivity contribution in [3.63, 3.8) is 0 Å². The fourth-order valence-corrected chi connectivity index (χ4v) is 2.43. The number of nitrogen functional groups attached to an aromatic ring is 1. The summed E-state index contributed by atoms with van der Waals surface area (Å²) in [6.07, 6.45) is 2.69. The van der Waals surface area contributed by atoms with E-state index in [0.29, 0.717) is 11.9 Å². The maximum absolute atomic E-state index is 10.0. The quantitative estimate of drug-likeness (QED) is 0.640. The summed E-state index contributed by atoms with van der Waals surface area (Å²) in [7, 11) is 0. The first-order chi connectivity index (χ1) is 10.2. The molecule has 0 aliphatic rings. The number of nitrogens with two attached hydrogens (primary N) is 1. The minimum atomic E-state index is -0.637. The van der Waals surface area contributed by atoms with Crippen LogP contribution >= 0.6 is 11.3 Å². The van der Waals surface area contributed by atoms with Gasteiger partial charge in [-0.15, -0.1) is 0 Å². The van der Waals surface area contributed by atoms with Crippen LogP contribution in [0.1, 0.15) is 11.7 Å². The molecule has 0 saturated heterocycles. The molecule has 3 heterocycles. The van der Waals surface area contributed by atoms with Crippen molar-refractivity contribution in [2.24, 2.45) is 0 Å². The van der Waals surface area contributed by atoms with Crippen molar-refractivity contribution in [1.82, 2.24) is 24.7 Å². The molecule has 0 saturated carbocycles. The van der Waals surface area contributed by atoms with Gasteiger partial charge in [0.05, 0.1) is 6.10 Å². The number of aliphatic hydroxyl groups is 1. The minimum Gasteiger partial charge on any atom is -0.387 e. The molecule has 0 bridgehead atoms. The summed E-state index contributed by atoms with van der Waals surface area (Å²) in [5.41, 5.74) is 6.51. The zero-order valence-electron chi connectivity index (χ0n) is 10.9. The van der Waals surface area contributed by atoms with Gasteiger partial charge in [0, 0.05) is 18.9 Å². The van der Waals surface area contributed by atoms with Gasteiger partial charge < -0.3 is 16.2 Å². The van der Waals surface area contributed by atoms with Crippen LogP contribution in [0.5, 0.6) is 0 Å². The second-order valence-electron chi connectivity index (χ2n) is 4.22. The van der Waals surface area contributed by atoms with E-state index >= 15 is 0 Å². The molecule has 0 fully saturated rings. The molecule has 3 aromatic rings. The molecule has 1 unspecified atom stereocenters. The van der Waals surface area contributed by atoms with Gasteiger partial charge in [-0.05, 0) is 28.5 Å². The number of thiophene rings is 1. The molecule has 3 rings (SSSR count). The van der Waals surface area contributed by atoms with Gasteiger partial charge in [-0.2, -0.15) is 31.4 Å². The standard InChI is InChI=1S/C12H13N7OS/c13-10-16-11(14-6-9(20)8-2-5-21-7-8)18-12(17-10)19-4-1-3-15-19/h1-5,7,9,20H,6H2,(H3,13,14,16,17,18). The third-order valence-electron chi connectivity index (χ3n) is 2.73. The molecule has 0 amide bonds. The van der Waals surface area contributed by atoms with Crippen molar-refractivity contribution in [1.29, 1.82) is 0 Å². The van der Waals surface area contributed by atoms with E-state index in [-0.39, 0.29) is 12.5 Å². The summed E-state index contributed by atoms with van der Waals surface area (Å²) < 4.78 is 1.48. The Kier molecular flexibility index (Phi) is 3.75. The maximum Gasteiger partial charge on any atom is 0.257 e. The number of hydrogen-bond donors (Lipinski definition) is 3. The van der Waals surface area contributed by atoms with Crippen LogP contribution in [0.25, 0.3) is 5.95 Å². The number of aliphatic hydroxyl groups excluding tert-OH is 1. The smallest absolute Gasteiger partial charge is 0.257 e. The van der Waals surface area contributed by atoms with E-state index in [9.17, 15) is 5.11 Å². The highest BCUT2D eigenvalue weighted by atomic mass is 32.1. The lowest BCUT2D eigenvalue weighted by atomic mass is 10.2. The average molecular weight is 303 g/mol. The SMILES string of the molecule is Nc1nc(NCC(O)c2ccsc2)nc(-n2cccn2)n1. The van der Waals surface area contributed by atoms with E-state index < -0.39 is 6.10 Å². The van der Waals surface area contributed by atoms with Gasteiger partial charge in [-0.3, -0.25) is 0 Å². The van der Waals surface area contributed by atoms with E-state index in [0.717, 1.165) is 5.56 Å². The van der Waals surface area contributed by atoms with Crippen LogP contribution in [0.15, 0.2) is 35.3 Å². The fraction of sp³-hybridized carbons (Fsp3) is 0.167. The lowest BCUT2D eigenvalue weighted by molar-refractivity contribution is 0.192. The van der Waals surface area contributed by atoms with Crippen LogP contribution in [0.3, 0.4) is 0 Å². The molecule has 0 spiro atoms. The number of aromatic nitrogens is 5. The Morgan fingerprint density at radius 1 is 1.38 bits per heavy atom. The zero-order valence-corrected chi connectivity index (χ0v) is 11.7. The van der Waals surface area contributed by atoms with Crippen molar-refractivity contribution in [3.05, 3.63) is 40.8 Å². The zero-order chi connectivity index (χ0) is 14.7. The molecular formula is C12H13N7OS. The molecule has 0 aliphatic heterocycles. The number of rotatable bonds is 5. The molecule has 0 aliphatic carbocycles. The van der Waals surface area contributed by atoms with Crippen LogP contribution in [0.2, 0.25) is 0 Å². The van der Waals surface area contributed by atoms with Crippen LogP contribution in [-0.2, 0) is 0 Å². The summed E-state index contributed by atoms with van der Waals surface area (Å²) in [4.78, 5) is 12.2. The molecule has 1 atom stereocenters. The predicted octanol–water partition coefficient (Wildman–Crippen LogP) is 0.847. The van der Waals surface area contributed by atoms with Gasteiger partial charge >= 0.3 is 0 Å². The Balaban J connectivity index is 1.74. The van der Waals surface area contributed by atoms with Crippen molar-refractivity contribution >= 4 is 23.2 Å². The van der Waals surface area contributed by atoms with Crippen LogP contribution in [0.4, 0.5) is 11.9 Å². The first-order valence-corrected chi connectivity index (χ1v) is 7.12. The second kappa shape index (κ2) is 5.85. The third kappa shape index (κ3) is 3.15. The van der Waals surface area contributed by atoms with Gasteiger partial charge in [-0.25, -0.2) is 4.68 Å². The molecule has 9 heteroatoms. The lowest BCUT2D eigenvalue weighted by Crippen LogP contribution is -2.16. The van der Waals surface area contributed by atoms with E-state index in [1.54, 1.807) is 18.5 Å². The Labute approximate surface area is 124 Å². The summed E-state index contributed by atoms with van der Waals surface area (Å²) in [6, 6.07) is 3.63. The van der Waals surface area contributed by atoms with Crippen LogP contribution in [-0.4, -0.2) is 36.4 Å². The summed E-state index contributed by atoms with van der Waals surface area (Å²) in [5, 5.41) is 20.8. The molecule has 108 valence electrons. The van der Waals surface area contributed by atoms with Crippen molar-refractivity contribution in [2.45, 2.75) is 6.10 Å². The molecule has 3 aromatic heterocycles. The van der Waals surface area contributed by atoms with Crippen LogP contribution < -0.4 is 11.1 Å². The monoisotopic (exact) mass is 303 g/mol. The summed E-state index contributed by atoms with van der Waals surface area (Å²) >= 11 is 1.53. The van der Waals surface area contributed by atoms with Gasteiger partial charge in [0.25, 0.3) is 5.95 Å². The molecule has 8 nitrogen and oxygen atoms in total. The highest BCUT2D eigenvalue weighted by Gasteiger charge is 2.10. The molecular weight excluding hydrogens is 290 g/mol. The molecule has 4 N–H and O–H groups in total. The van der Waals surface area contributed by atoms with E-state index in [4.69, 9.17) is 5.73 Å². The van der Waals surface area contributed by atoms with E-state index in [1.165, 1.54) is 16.0 Å². The Morgan fingerprint density at radius 2 is 2.29 bits per heavy atom. The largest absolute Gasteiger partial charge is 0.387 e. The first kappa shape index (κ1) is 13.5. The number of hydrogen-bond acceptors (Lipinski definition) is 8. The number of nitrogens with one attached hydrogen (secondary N) is 1. The first-order valence-electron chi connectivity index (χ1n) is 6.18.